The van der Waals surface area contributed by atoms with Crippen LogP contribution >= 0.6 is 0 Å². The Morgan fingerprint density at radius 1 is 1.37 bits per heavy atom. The van der Waals surface area contributed by atoms with Gasteiger partial charge in [0.25, 0.3) is 0 Å². The standard InChI is InChI=1S/C26H37N7O2/c1-7-22-18-31(19(2)20-8-9-24(28-16-20)26(3,4)35)13-14-32(22)23(11-15-34)25-29-21(10-12-27)17-33(25)30(5)6/h8-9,11,15-17,19,22,35H,7,10,13-14,18H2,1-6H3/b23-11+. The molecule has 2 atom stereocenters. The number of imidazole rings is 1. The van der Waals surface area contributed by atoms with Crippen LogP contribution in [0.3, 0.4) is 0 Å². The van der Waals surface area contributed by atoms with E-state index in [9.17, 15) is 9.90 Å². The molecule has 0 spiro atoms. The van der Waals surface area contributed by atoms with Crippen LogP contribution in [0.4, 0.5) is 0 Å². The molecule has 1 N–H and O–H groups in total. The maximum Gasteiger partial charge on any atom is 0.175 e. The van der Waals surface area contributed by atoms with E-state index in [1.165, 1.54) is 0 Å². The van der Waals surface area contributed by atoms with Crippen molar-refractivity contribution in [3.05, 3.63) is 53.4 Å². The molecular weight excluding hydrogens is 442 g/mol. The predicted molar refractivity (Wildman–Crippen MR) is 136 cm³/mol. The second-order valence-electron chi connectivity index (χ2n) is 9.73. The van der Waals surface area contributed by atoms with Crippen LogP contribution in [0.1, 0.15) is 62.9 Å². The number of rotatable bonds is 9. The fourth-order valence-electron chi connectivity index (χ4n) is 4.55. The molecule has 1 aliphatic rings. The summed E-state index contributed by atoms with van der Waals surface area (Å²) in [5.41, 5.74) is 2.24. The molecule has 0 aromatic carbocycles. The van der Waals surface area contributed by atoms with E-state index in [1.54, 1.807) is 19.9 Å². The van der Waals surface area contributed by atoms with Crippen LogP contribution in [0.5, 0.6) is 0 Å². The van der Waals surface area contributed by atoms with Gasteiger partial charge in [-0.05, 0) is 38.8 Å². The van der Waals surface area contributed by atoms with Crippen molar-refractivity contribution in [1.82, 2.24) is 24.4 Å². The lowest BCUT2D eigenvalue weighted by atomic mass is 10.0. The van der Waals surface area contributed by atoms with Crippen LogP contribution in [0, 0.1) is 11.3 Å². The van der Waals surface area contributed by atoms with Crippen molar-refractivity contribution >= 4 is 12.0 Å². The summed E-state index contributed by atoms with van der Waals surface area (Å²) in [6, 6.07) is 6.45. The predicted octanol–water partition coefficient (Wildman–Crippen LogP) is 2.47. The summed E-state index contributed by atoms with van der Waals surface area (Å²) in [7, 11) is 3.82. The number of piperazine rings is 1. The van der Waals surface area contributed by atoms with E-state index in [4.69, 9.17) is 10.2 Å². The number of hydrogen-bond acceptors (Lipinski definition) is 8. The SMILES string of the molecule is CCC1CN(C(C)c2ccc(C(C)(C)O)nc2)CCN1/C(=C/C=O)c1nc(CC#N)cn1N(C)C. The van der Waals surface area contributed by atoms with Gasteiger partial charge in [0.05, 0.1) is 35.8 Å². The Hall–Kier alpha value is -3.22. The zero-order valence-electron chi connectivity index (χ0n) is 21.6. The van der Waals surface area contributed by atoms with Crippen LogP contribution in [0.2, 0.25) is 0 Å². The molecule has 0 amide bonds. The number of aliphatic hydroxyl groups is 1. The molecule has 1 aliphatic heterocycles. The molecule has 0 aliphatic carbocycles. The minimum Gasteiger partial charge on any atom is -0.384 e. The summed E-state index contributed by atoms with van der Waals surface area (Å²) in [6.45, 7) is 10.2. The van der Waals surface area contributed by atoms with Crippen molar-refractivity contribution in [2.75, 3.05) is 38.7 Å². The lowest BCUT2D eigenvalue weighted by Crippen LogP contribution is -2.52. The molecule has 0 saturated carbocycles. The highest BCUT2D eigenvalue weighted by atomic mass is 16.3. The van der Waals surface area contributed by atoms with Crippen molar-refractivity contribution in [3.8, 4) is 6.07 Å². The molecule has 188 valence electrons. The number of nitriles is 1. The third-order valence-corrected chi connectivity index (χ3v) is 6.62. The third kappa shape index (κ3) is 5.89. The van der Waals surface area contributed by atoms with E-state index in [1.807, 2.05) is 48.3 Å². The monoisotopic (exact) mass is 479 g/mol. The van der Waals surface area contributed by atoms with E-state index in [-0.39, 0.29) is 18.5 Å². The number of carbonyl (C=O) groups is 1. The van der Waals surface area contributed by atoms with Crippen LogP contribution < -0.4 is 5.01 Å². The highest BCUT2D eigenvalue weighted by Gasteiger charge is 2.32. The first-order valence-corrected chi connectivity index (χ1v) is 12.1. The van der Waals surface area contributed by atoms with E-state index in [2.05, 4.69) is 34.7 Å². The van der Waals surface area contributed by atoms with Crippen molar-refractivity contribution in [2.45, 2.75) is 58.2 Å². The van der Waals surface area contributed by atoms with Crippen molar-refractivity contribution in [2.24, 2.45) is 0 Å². The highest BCUT2D eigenvalue weighted by molar-refractivity contribution is 5.79. The molecule has 1 fully saturated rings. The molecule has 9 heteroatoms. The number of aromatic nitrogens is 3. The van der Waals surface area contributed by atoms with Crippen LogP contribution in [0.25, 0.3) is 5.70 Å². The van der Waals surface area contributed by atoms with Crippen LogP contribution in [-0.2, 0) is 16.8 Å². The van der Waals surface area contributed by atoms with Crippen molar-refractivity contribution in [1.29, 1.82) is 5.26 Å². The van der Waals surface area contributed by atoms with Gasteiger partial charge in [0.1, 0.15) is 11.9 Å². The largest absolute Gasteiger partial charge is 0.384 e. The molecule has 0 radical (unpaired) electrons. The average molecular weight is 480 g/mol. The van der Waals surface area contributed by atoms with Gasteiger partial charge in [0.15, 0.2) is 5.82 Å². The highest BCUT2D eigenvalue weighted by Crippen LogP contribution is 2.30. The Balaban J connectivity index is 1.85. The van der Waals surface area contributed by atoms with Gasteiger partial charge in [-0.2, -0.15) is 5.26 Å². The summed E-state index contributed by atoms with van der Waals surface area (Å²) >= 11 is 0. The second kappa shape index (κ2) is 11.0. The fraction of sp³-hybridized carbons (Fsp3) is 0.538. The number of nitrogens with zero attached hydrogens (tertiary/aromatic N) is 7. The van der Waals surface area contributed by atoms with Crippen LogP contribution in [-0.4, -0.2) is 75.6 Å². The molecule has 0 bridgehead atoms. The number of aldehydes is 1. The summed E-state index contributed by atoms with van der Waals surface area (Å²) in [4.78, 5) is 25.5. The van der Waals surface area contributed by atoms with Gasteiger partial charge in [-0.15, -0.1) is 0 Å². The van der Waals surface area contributed by atoms with Gasteiger partial charge in [0, 0.05) is 58.1 Å². The fourth-order valence-corrected chi connectivity index (χ4v) is 4.55. The van der Waals surface area contributed by atoms with Gasteiger partial charge in [-0.25, -0.2) is 9.66 Å². The third-order valence-electron chi connectivity index (χ3n) is 6.62. The summed E-state index contributed by atoms with van der Waals surface area (Å²) in [5, 5.41) is 21.2. The first-order valence-electron chi connectivity index (χ1n) is 12.1. The zero-order chi connectivity index (χ0) is 25.8. The summed E-state index contributed by atoms with van der Waals surface area (Å²) in [6.07, 6.45) is 7.22. The first kappa shape index (κ1) is 26.4. The molecule has 3 rings (SSSR count). The Bertz CT molecular complexity index is 1080. The normalized spacial score (nSPS) is 18.3. The maximum atomic E-state index is 11.7. The van der Waals surface area contributed by atoms with E-state index < -0.39 is 5.60 Å². The Morgan fingerprint density at radius 3 is 2.66 bits per heavy atom. The van der Waals surface area contributed by atoms with Crippen molar-refractivity contribution < 1.29 is 9.90 Å². The average Bonchev–Trinajstić information content (AvgIpc) is 3.25. The van der Waals surface area contributed by atoms with E-state index >= 15 is 0 Å². The molecule has 35 heavy (non-hydrogen) atoms. The molecular formula is C26H37N7O2. The first-order chi connectivity index (χ1) is 16.6. The number of allylic oxidation sites excluding steroid dienone is 1. The Kier molecular flexibility index (Phi) is 8.30. The lowest BCUT2D eigenvalue weighted by molar-refractivity contribution is -0.104. The molecule has 2 aromatic heterocycles. The van der Waals surface area contributed by atoms with Gasteiger partial charge >= 0.3 is 0 Å². The minimum absolute atomic E-state index is 0.166. The van der Waals surface area contributed by atoms with Crippen LogP contribution in [0.15, 0.2) is 30.6 Å². The molecule has 2 aromatic rings. The topological polar surface area (TPSA) is 102 Å². The molecule has 3 heterocycles. The smallest absolute Gasteiger partial charge is 0.175 e. The minimum atomic E-state index is -0.965. The van der Waals surface area contributed by atoms with Crippen molar-refractivity contribution in [3.63, 3.8) is 0 Å². The van der Waals surface area contributed by atoms with Gasteiger partial charge in [-0.3, -0.25) is 14.7 Å². The molecule has 2 unspecified atom stereocenters. The zero-order valence-corrected chi connectivity index (χ0v) is 21.6. The maximum absolute atomic E-state index is 11.7. The Morgan fingerprint density at radius 2 is 2.11 bits per heavy atom. The lowest BCUT2D eigenvalue weighted by Gasteiger charge is -2.45. The van der Waals surface area contributed by atoms with E-state index in [0.717, 1.165) is 43.6 Å². The van der Waals surface area contributed by atoms with Gasteiger partial charge < -0.3 is 15.0 Å². The second-order valence-corrected chi connectivity index (χ2v) is 9.73. The van der Waals surface area contributed by atoms with Gasteiger partial charge in [0.2, 0.25) is 0 Å². The van der Waals surface area contributed by atoms with Gasteiger partial charge in [-0.1, -0.05) is 13.0 Å². The number of pyridine rings is 1. The molecule has 9 nitrogen and oxygen atoms in total. The molecule has 1 saturated heterocycles. The number of hydrogen-bond donors (Lipinski definition) is 1. The number of carbonyl (C=O) groups excluding carboxylic acids is 1. The Labute approximate surface area is 208 Å². The summed E-state index contributed by atoms with van der Waals surface area (Å²) in [5.74, 6) is 0.665. The van der Waals surface area contributed by atoms with E-state index in [0.29, 0.717) is 17.2 Å². The summed E-state index contributed by atoms with van der Waals surface area (Å²) < 4.78 is 1.89. The quantitative estimate of drug-likeness (QED) is 0.432.